The predicted molar refractivity (Wildman–Crippen MR) is 123 cm³/mol. The van der Waals surface area contributed by atoms with Crippen LogP contribution in [0.4, 0.5) is 15.3 Å². The van der Waals surface area contributed by atoms with E-state index in [1.807, 2.05) is 30.3 Å². The molecule has 0 fully saturated rings. The van der Waals surface area contributed by atoms with Gasteiger partial charge in [-0.25, -0.2) is 9.59 Å². The molecule has 2 aromatic rings. The lowest BCUT2D eigenvalue weighted by Gasteiger charge is -2.20. The van der Waals surface area contributed by atoms with Crippen LogP contribution in [0.5, 0.6) is 0 Å². The van der Waals surface area contributed by atoms with E-state index >= 15 is 0 Å². The fourth-order valence-electron chi connectivity index (χ4n) is 2.80. The average molecular weight is 439 g/mol. The zero-order valence-corrected chi connectivity index (χ0v) is 18.9. The van der Waals surface area contributed by atoms with Crippen LogP contribution >= 0.6 is 0 Å². The lowest BCUT2D eigenvalue weighted by Crippen LogP contribution is -2.42. The second-order valence-corrected chi connectivity index (χ2v) is 8.43. The Morgan fingerprint density at radius 1 is 0.938 bits per heavy atom. The van der Waals surface area contributed by atoms with E-state index in [0.29, 0.717) is 11.3 Å². The van der Waals surface area contributed by atoms with Crippen molar-refractivity contribution in [2.24, 2.45) is 0 Å². The molecule has 1 atom stereocenters. The van der Waals surface area contributed by atoms with Gasteiger partial charge in [0.2, 0.25) is 0 Å². The largest absolute Gasteiger partial charge is 0.445 e. The van der Waals surface area contributed by atoms with Gasteiger partial charge < -0.3 is 14.8 Å². The highest BCUT2D eigenvalue weighted by Gasteiger charge is 2.22. The Morgan fingerprint density at radius 2 is 1.56 bits per heavy atom. The van der Waals surface area contributed by atoms with Crippen LogP contribution in [0.25, 0.3) is 0 Å². The fourth-order valence-corrected chi connectivity index (χ4v) is 2.80. The summed E-state index contributed by atoms with van der Waals surface area (Å²) in [4.78, 5) is 36.7. The molecule has 0 radical (unpaired) electrons. The average Bonchev–Trinajstić information content (AvgIpc) is 2.72. The third kappa shape index (κ3) is 8.63. The number of ether oxygens (including phenoxy) is 2. The molecule has 2 rings (SSSR count). The normalized spacial score (nSPS) is 11.8. The first-order valence-electron chi connectivity index (χ1n) is 10.3. The Balaban J connectivity index is 1.99. The van der Waals surface area contributed by atoms with E-state index in [4.69, 9.17) is 9.47 Å². The molecule has 7 heteroatoms. The minimum absolute atomic E-state index is 0.103. The van der Waals surface area contributed by atoms with Crippen molar-refractivity contribution in [3.63, 3.8) is 0 Å². The molecule has 0 unspecified atom stereocenters. The fraction of sp³-hybridized carbons (Fsp3) is 0.320. The maximum absolute atomic E-state index is 12.6. The number of carbonyl (C=O) groups is 3. The van der Waals surface area contributed by atoms with Crippen LogP contribution in [-0.2, 0) is 27.3 Å². The first kappa shape index (κ1) is 24.7. The molecule has 32 heavy (non-hydrogen) atoms. The Labute approximate surface area is 188 Å². The second kappa shape index (κ2) is 11.1. The van der Waals surface area contributed by atoms with Crippen LogP contribution in [0.15, 0.2) is 66.7 Å². The van der Waals surface area contributed by atoms with Gasteiger partial charge in [0, 0.05) is 12.1 Å². The van der Waals surface area contributed by atoms with Crippen molar-refractivity contribution >= 4 is 23.7 Å². The molecule has 2 N–H and O–H groups in total. The zero-order valence-electron chi connectivity index (χ0n) is 18.9. The number of alkyl carbamates (subject to hydrolysis) is 1. The van der Waals surface area contributed by atoms with Gasteiger partial charge in [0.25, 0.3) is 0 Å². The van der Waals surface area contributed by atoms with Crippen molar-refractivity contribution in [2.75, 3.05) is 5.32 Å². The number of anilines is 1. The zero-order chi connectivity index (χ0) is 23.7. The molecule has 0 saturated carbocycles. The van der Waals surface area contributed by atoms with E-state index in [1.165, 1.54) is 0 Å². The topological polar surface area (TPSA) is 93.7 Å². The number of carbonyl (C=O) groups excluding carboxylic acids is 3. The Hall–Kier alpha value is -3.61. The molecule has 0 aliphatic carbocycles. The van der Waals surface area contributed by atoms with E-state index in [2.05, 4.69) is 17.2 Å². The van der Waals surface area contributed by atoms with Crippen molar-refractivity contribution < 1.29 is 23.9 Å². The maximum atomic E-state index is 12.6. The first-order chi connectivity index (χ1) is 15.0. The predicted octanol–water partition coefficient (Wildman–Crippen LogP) is 5.02. The monoisotopic (exact) mass is 438 g/mol. The summed E-state index contributed by atoms with van der Waals surface area (Å²) in [6.07, 6.45) is -0.987. The second-order valence-electron chi connectivity index (χ2n) is 8.43. The number of ketones is 1. The van der Waals surface area contributed by atoms with Crippen molar-refractivity contribution in [1.82, 2.24) is 5.32 Å². The molecule has 0 aliphatic heterocycles. The SMILES string of the molecule is C=C(C)C(=O)[C@H](Cc1ccc(NC(=O)OC(C)(C)C)cc1)NC(=O)OCc1ccccc1. The van der Waals surface area contributed by atoms with E-state index in [1.54, 1.807) is 52.0 Å². The number of hydrogen-bond acceptors (Lipinski definition) is 5. The van der Waals surface area contributed by atoms with Gasteiger partial charge in [-0.05, 0) is 56.5 Å². The van der Waals surface area contributed by atoms with Crippen LogP contribution in [-0.4, -0.2) is 29.6 Å². The smallest absolute Gasteiger partial charge is 0.412 e. The van der Waals surface area contributed by atoms with E-state index in [9.17, 15) is 14.4 Å². The van der Waals surface area contributed by atoms with Crippen LogP contribution in [0.1, 0.15) is 38.8 Å². The third-order valence-electron chi connectivity index (χ3n) is 4.28. The van der Waals surface area contributed by atoms with E-state index < -0.39 is 23.8 Å². The number of hydrogen-bond donors (Lipinski definition) is 2. The maximum Gasteiger partial charge on any atom is 0.412 e. The molecular formula is C25H30N2O5. The third-order valence-corrected chi connectivity index (χ3v) is 4.28. The molecular weight excluding hydrogens is 408 g/mol. The number of Topliss-reactive ketones (excluding diaryl/α,β-unsaturated/α-hetero) is 1. The summed E-state index contributed by atoms with van der Waals surface area (Å²) in [5, 5.41) is 5.28. The quantitative estimate of drug-likeness (QED) is 0.565. The highest BCUT2D eigenvalue weighted by atomic mass is 16.6. The molecule has 7 nitrogen and oxygen atoms in total. The van der Waals surface area contributed by atoms with Gasteiger partial charge in [-0.1, -0.05) is 49.0 Å². The number of benzene rings is 2. The molecule has 2 amide bonds. The van der Waals surface area contributed by atoms with Gasteiger partial charge in [0.05, 0.1) is 6.04 Å². The van der Waals surface area contributed by atoms with Crippen LogP contribution in [0, 0.1) is 0 Å². The van der Waals surface area contributed by atoms with E-state index in [0.717, 1.165) is 11.1 Å². The summed E-state index contributed by atoms with van der Waals surface area (Å²) in [7, 11) is 0. The van der Waals surface area contributed by atoms with Gasteiger partial charge in [-0.2, -0.15) is 0 Å². The summed E-state index contributed by atoms with van der Waals surface area (Å²) in [6.45, 7) is 10.7. The van der Waals surface area contributed by atoms with E-state index in [-0.39, 0.29) is 18.8 Å². The number of amides is 2. The van der Waals surface area contributed by atoms with Crippen molar-refractivity contribution in [3.8, 4) is 0 Å². The standard InChI is InChI=1S/C25H30N2O5/c1-17(2)22(28)21(27-23(29)31-16-19-9-7-6-8-10-19)15-18-11-13-20(14-12-18)26-24(30)32-25(3,4)5/h6-14,21H,1,15-16H2,2-5H3,(H,26,30)(H,27,29)/t21-/m0/s1. The van der Waals surface area contributed by atoms with Gasteiger partial charge in [-0.3, -0.25) is 10.1 Å². The minimum Gasteiger partial charge on any atom is -0.445 e. The van der Waals surface area contributed by atoms with Crippen molar-refractivity contribution in [2.45, 2.75) is 52.4 Å². The minimum atomic E-state index is -0.819. The van der Waals surface area contributed by atoms with Crippen LogP contribution in [0.2, 0.25) is 0 Å². The molecule has 0 aliphatic rings. The van der Waals surface area contributed by atoms with Crippen molar-refractivity contribution in [3.05, 3.63) is 77.9 Å². The summed E-state index contributed by atoms with van der Waals surface area (Å²) < 4.78 is 10.5. The van der Waals surface area contributed by atoms with Gasteiger partial charge in [0.15, 0.2) is 5.78 Å². The summed E-state index contributed by atoms with van der Waals surface area (Å²) in [5.41, 5.74) is 1.93. The highest BCUT2D eigenvalue weighted by molar-refractivity contribution is 6.00. The molecule has 0 saturated heterocycles. The lowest BCUT2D eigenvalue weighted by molar-refractivity contribution is -0.117. The highest BCUT2D eigenvalue weighted by Crippen LogP contribution is 2.15. The Bertz CT molecular complexity index is 947. The van der Waals surface area contributed by atoms with Crippen LogP contribution in [0.3, 0.4) is 0 Å². The molecule has 0 aromatic heterocycles. The molecule has 0 bridgehead atoms. The van der Waals surface area contributed by atoms with Crippen LogP contribution < -0.4 is 10.6 Å². The number of nitrogens with one attached hydrogen (secondary N) is 2. The van der Waals surface area contributed by atoms with Gasteiger partial charge >= 0.3 is 12.2 Å². The summed E-state index contributed by atoms with van der Waals surface area (Å²) in [6, 6.07) is 15.4. The number of rotatable bonds is 8. The Morgan fingerprint density at radius 3 is 2.12 bits per heavy atom. The molecule has 0 spiro atoms. The lowest BCUT2D eigenvalue weighted by atomic mass is 9.99. The van der Waals surface area contributed by atoms with Gasteiger partial charge in [0.1, 0.15) is 12.2 Å². The summed E-state index contributed by atoms with van der Waals surface area (Å²) >= 11 is 0. The summed E-state index contributed by atoms with van der Waals surface area (Å²) in [5.74, 6) is -0.280. The molecule has 0 heterocycles. The Kier molecular flexibility index (Phi) is 8.58. The van der Waals surface area contributed by atoms with Gasteiger partial charge in [-0.15, -0.1) is 0 Å². The molecule has 170 valence electrons. The first-order valence-corrected chi connectivity index (χ1v) is 10.3. The van der Waals surface area contributed by atoms with Crippen molar-refractivity contribution in [1.29, 1.82) is 0 Å². The molecule has 2 aromatic carbocycles.